The summed E-state index contributed by atoms with van der Waals surface area (Å²) in [5, 5.41) is 2.56. The van der Waals surface area contributed by atoms with Crippen LogP contribution >= 0.6 is 0 Å². The summed E-state index contributed by atoms with van der Waals surface area (Å²) in [7, 11) is 0. The summed E-state index contributed by atoms with van der Waals surface area (Å²) in [4.78, 5) is 39.6. The van der Waals surface area contributed by atoms with Gasteiger partial charge in [-0.15, -0.1) is 0 Å². The molecule has 0 aromatic heterocycles. The molecule has 1 heterocycles. The minimum Gasteiger partial charge on any atom is -0.435 e. The van der Waals surface area contributed by atoms with Crippen molar-refractivity contribution in [1.29, 1.82) is 0 Å². The molecule has 1 unspecified atom stereocenters. The van der Waals surface area contributed by atoms with Crippen molar-refractivity contribution in [2.75, 3.05) is 19.6 Å². The number of ether oxygens (including phenoxy) is 1. The molecule has 4 amide bonds. The Morgan fingerprint density at radius 3 is 2.31 bits per heavy atom. The maximum absolute atomic E-state index is 12.8. The second-order valence-electron chi connectivity index (χ2n) is 5.92. The van der Waals surface area contributed by atoms with E-state index >= 15 is 0 Å². The molecule has 0 radical (unpaired) electrons. The van der Waals surface area contributed by atoms with E-state index in [1.807, 2.05) is 0 Å². The number of halogens is 2. The molecule has 1 N–H and O–H groups in total. The minimum atomic E-state index is -2.95. The van der Waals surface area contributed by atoms with E-state index in [0.717, 1.165) is 4.90 Å². The minimum absolute atomic E-state index is 0.0577. The Bertz CT molecular complexity index is 692. The van der Waals surface area contributed by atoms with E-state index in [-0.39, 0.29) is 18.2 Å². The first kappa shape index (κ1) is 19.6. The Hall–Kier alpha value is -2.71. The highest BCUT2D eigenvalue weighted by molar-refractivity contribution is 6.09. The van der Waals surface area contributed by atoms with Gasteiger partial charge in [0.2, 0.25) is 5.91 Å². The lowest BCUT2D eigenvalue weighted by molar-refractivity contribution is -0.138. The smallest absolute Gasteiger partial charge is 0.387 e. The van der Waals surface area contributed by atoms with Gasteiger partial charge in [-0.3, -0.25) is 14.5 Å². The molecule has 7 nitrogen and oxygen atoms in total. The highest BCUT2D eigenvalue weighted by Crippen LogP contribution is 2.30. The Labute approximate surface area is 149 Å². The van der Waals surface area contributed by atoms with Crippen LogP contribution in [0, 0.1) is 0 Å². The molecular weight excluding hydrogens is 348 g/mol. The predicted molar refractivity (Wildman–Crippen MR) is 88.6 cm³/mol. The molecule has 1 aliphatic heterocycles. The number of hydrogen-bond donors (Lipinski definition) is 1. The van der Waals surface area contributed by atoms with E-state index < -0.39 is 24.1 Å². The van der Waals surface area contributed by atoms with Crippen molar-refractivity contribution < 1.29 is 27.9 Å². The monoisotopic (exact) mass is 369 g/mol. The maximum atomic E-state index is 12.8. The number of carbonyl (C=O) groups excluding carboxylic acids is 3. The third kappa shape index (κ3) is 3.76. The zero-order valence-corrected chi connectivity index (χ0v) is 14.8. The first-order valence-electron chi connectivity index (χ1n) is 8.20. The summed E-state index contributed by atoms with van der Waals surface area (Å²) in [6.45, 7) is 2.75. The number of nitrogens with zero attached hydrogens (tertiary/aromatic N) is 2. The predicted octanol–water partition coefficient (Wildman–Crippen LogP) is 1.92. The fourth-order valence-corrected chi connectivity index (χ4v) is 2.82. The third-order valence-corrected chi connectivity index (χ3v) is 4.34. The van der Waals surface area contributed by atoms with E-state index in [4.69, 9.17) is 0 Å². The van der Waals surface area contributed by atoms with Gasteiger partial charge in [0.25, 0.3) is 5.91 Å². The van der Waals surface area contributed by atoms with Crippen molar-refractivity contribution >= 4 is 17.8 Å². The third-order valence-electron chi connectivity index (χ3n) is 4.34. The molecule has 0 spiro atoms. The molecule has 0 bridgehead atoms. The van der Waals surface area contributed by atoms with Gasteiger partial charge >= 0.3 is 12.6 Å². The molecule has 1 aromatic rings. The molecule has 1 fully saturated rings. The lowest BCUT2D eigenvalue weighted by atomic mass is 9.92. The molecule has 1 atom stereocenters. The van der Waals surface area contributed by atoms with E-state index in [9.17, 15) is 23.2 Å². The van der Waals surface area contributed by atoms with Crippen molar-refractivity contribution in [3.8, 4) is 5.75 Å². The number of imide groups is 1. The largest absolute Gasteiger partial charge is 0.435 e. The number of likely N-dealkylation sites (N-methyl/N-ethyl adjacent to an activating group) is 1. The molecular formula is C17H21F2N3O4. The van der Waals surface area contributed by atoms with Gasteiger partial charge in [0.15, 0.2) is 0 Å². The van der Waals surface area contributed by atoms with Gasteiger partial charge in [0.05, 0.1) is 0 Å². The van der Waals surface area contributed by atoms with Crippen LogP contribution in [0.15, 0.2) is 24.3 Å². The number of urea groups is 1. The highest BCUT2D eigenvalue weighted by atomic mass is 19.3. The number of alkyl halides is 2. The van der Waals surface area contributed by atoms with Crippen LogP contribution in [0.25, 0.3) is 0 Å². The van der Waals surface area contributed by atoms with Gasteiger partial charge < -0.3 is 15.0 Å². The van der Waals surface area contributed by atoms with Crippen molar-refractivity contribution in [1.82, 2.24) is 15.1 Å². The Balaban J connectivity index is 2.19. The summed E-state index contributed by atoms with van der Waals surface area (Å²) in [5.41, 5.74) is -0.987. The number of rotatable bonds is 7. The van der Waals surface area contributed by atoms with E-state index in [1.54, 1.807) is 13.8 Å². The van der Waals surface area contributed by atoms with Crippen molar-refractivity contribution in [2.45, 2.75) is 32.9 Å². The molecule has 1 aliphatic rings. The quantitative estimate of drug-likeness (QED) is 0.745. The summed E-state index contributed by atoms with van der Waals surface area (Å²) in [6, 6.07) is 4.74. The number of carbonyl (C=O) groups is 3. The molecule has 0 aliphatic carbocycles. The van der Waals surface area contributed by atoms with Crippen LogP contribution in [0.4, 0.5) is 13.6 Å². The topological polar surface area (TPSA) is 79.0 Å². The van der Waals surface area contributed by atoms with Gasteiger partial charge in [-0.25, -0.2) is 4.79 Å². The normalized spacial score (nSPS) is 19.7. The van der Waals surface area contributed by atoms with Gasteiger partial charge in [-0.05, 0) is 38.5 Å². The van der Waals surface area contributed by atoms with Crippen molar-refractivity contribution in [3.05, 3.63) is 29.8 Å². The van der Waals surface area contributed by atoms with Crippen molar-refractivity contribution in [3.63, 3.8) is 0 Å². The van der Waals surface area contributed by atoms with E-state index in [1.165, 1.54) is 36.1 Å². The first-order valence-corrected chi connectivity index (χ1v) is 8.20. The Kier molecular flexibility index (Phi) is 5.79. The molecule has 1 saturated heterocycles. The van der Waals surface area contributed by atoms with Crippen LogP contribution in [-0.2, 0) is 15.1 Å². The number of hydrogen-bond acceptors (Lipinski definition) is 4. The van der Waals surface area contributed by atoms with Crippen LogP contribution in [0.3, 0.4) is 0 Å². The fraction of sp³-hybridized carbons (Fsp3) is 0.471. The molecule has 142 valence electrons. The number of amides is 4. The molecule has 1 aromatic carbocycles. The Morgan fingerprint density at radius 2 is 1.81 bits per heavy atom. The summed E-state index contributed by atoms with van der Waals surface area (Å²) in [5.74, 6) is -0.966. The van der Waals surface area contributed by atoms with Gasteiger partial charge in [0.1, 0.15) is 17.8 Å². The summed E-state index contributed by atoms with van der Waals surface area (Å²) < 4.78 is 28.7. The number of benzene rings is 1. The van der Waals surface area contributed by atoms with Crippen molar-refractivity contribution in [2.24, 2.45) is 0 Å². The SMILES string of the molecule is CCN(CC)C(=O)CN1C(=O)NC(C)(c2ccc(OC(F)F)cc2)C1=O. The van der Waals surface area contributed by atoms with Gasteiger partial charge in [0, 0.05) is 13.1 Å². The number of nitrogens with one attached hydrogen (secondary N) is 1. The van der Waals surface area contributed by atoms with Gasteiger partial charge in [-0.1, -0.05) is 12.1 Å². The van der Waals surface area contributed by atoms with Gasteiger partial charge in [-0.2, -0.15) is 8.78 Å². The average Bonchev–Trinajstić information content (AvgIpc) is 2.80. The second kappa shape index (κ2) is 7.67. The van der Waals surface area contributed by atoms with E-state index in [0.29, 0.717) is 18.7 Å². The summed E-state index contributed by atoms with van der Waals surface area (Å²) >= 11 is 0. The fourth-order valence-electron chi connectivity index (χ4n) is 2.82. The Morgan fingerprint density at radius 1 is 1.23 bits per heavy atom. The first-order chi connectivity index (χ1) is 12.2. The maximum Gasteiger partial charge on any atom is 0.387 e. The zero-order chi connectivity index (χ0) is 19.5. The molecule has 0 saturated carbocycles. The zero-order valence-electron chi connectivity index (χ0n) is 14.8. The van der Waals surface area contributed by atoms with Crippen LogP contribution in [0.2, 0.25) is 0 Å². The lowest BCUT2D eigenvalue weighted by Gasteiger charge is -2.24. The average molecular weight is 369 g/mol. The lowest BCUT2D eigenvalue weighted by Crippen LogP contribution is -2.44. The van der Waals surface area contributed by atoms with Crippen LogP contribution in [-0.4, -0.2) is 53.9 Å². The van der Waals surface area contributed by atoms with E-state index in [2.05, 4.69) is 10.1 Å². The highest BCUT2D eigenvalue weighted by Gasteiger charge is 2.49. The van der Waals surface area contributed by atoms with Crippen LogP contribution in [0.5, 0.6) is 5.75 Å². The molecule has 26 heavy (non-hydrogen) atoms. The van der Waals surface area contributed by atoms with Crippen LogP contribution in [0.1, 0.15) is 26.3 Å². The summed E-state index contributed by atoms with van der Waals surface area (Å²) in [6.07, 6.45) is 0. The molecule has 2 rings (SSSR count). The van der Waals surface area contributed by atoms with Crippen LogP contribution < -0.4 is 10.1 Å². The standard InChI is InChI=1S/C17H21F2N3O4/c1-4-21(5-2)13(23)10-22-14(24)17(3,20-16(22)25)11-6-8-12(9-7-11)26-15(18)19/h6-9,15H,4-5,10H2,1-3H3,(H,20,25). The molecule has 9 heteroatoms. The second-order valence-corrected chi connectivity index (χ2v) is 5.92.